The van der Waals surface area contributed by atoms with Crippen molar-refractivity contribution in [3.63, 3.8) is 0 Å². The van der Waals surface area contributed by atoms with E-state index >= 15 is 0 Å². The number of hydrogen-bond acceptors (Lipinski definition) is 4. The minimum absolute atomic E-state index is 0.0244. The van der Waals surface area contributed by atoms with Crippen LogP contribution in [0.15, 0.2) is 24.3 Å². The van der Waals surface area contributed by atoms with Crippen LogP contribution in [0.1, 0.15) is 6.42 Å². The van der Waals surface area contributed by atoms with Crippen LogP contribution in [0.3, 0.4) is 0 Å². The van der Waals surface area contributed by atoms with E-state index in [1.54, 1.807) is 0 Å². The number of carbonyl (C=O) groups excluding carboxylic acids is 1. The van der Waals surface area contributed by atoms with Gasteiger partial charge in [-0.2, -0.15) is 0 Å². The normalized spacial score (nSPS) is 21.0. The lowest BCUT2D eigenvalue weighted by Crippen LogP contribution is -2.23. The van der Waals surface area contributed by atoms with Crippen LogP contribution in [0.2, 0.25) is 0 Å². The van der Waals surface area contributed by atoms with Crippen molar-refractivity contribution in [1.29, 1.82) is 0 Å². The highest BCUT2D eigenvalue weighted by molar-refractivity contribution is 7.91. The molecule has 1 aromatic carbocycles. The maximum Gasteiger partial charge on any atom is 0.573 e. The van der Waals surface area contributed by atoms with E-state index in [0.29, 0.717) is 0 Å². The van der Waals surface area contributed by atoms with Gasteiger partial charge in [-0.05, 0) is 30.7 Å². The maximum atomic E-state index is 12.0. The van der Waals surface area contributed by atoms with Gasteiger partial charge >= 0.3 is 6.36 Å². The first-order valence-electron chi connectivity index (χ1n) is 6.02. The Balaban J connectivity index is 1.96. The molecule has 1 fully saturated rings. The molecule has 1 aliphatic rings. The molecule has 1 saturated heterocycles. The van der Waals surface area contributed by atoms with Gasteiger partial charge in [-0.3, -0.25) is 4.79 Å². The van der Waals surface area contributed by atoms with Gasteiger partial charge in [0.25, 0.3) is 0 Å². The molecule has 0 radical (unpaired) electrons. The summed E-state index contributed by atoms with van der Waals surface area (Å²) < 4.78 is 62.2. The van der Waals surface area contributed by atoms with Gasteiger partial charge in [0.2, 0.25) is 5.91 Å². The lowest BCUT2D eigenvalue weighted by molar-refractivity contribution is -0.274. The van der Waals surface area contributed by atoms with Gasteiger partial charge in [-0.15, -0.1) is 13.2 Å². The molecule has 5 nitrogen and oxygen atoms in total. The second kappa shape index (κ2) is 5.55. The van der Waals surface area contributed by atoms with Gasteiger partial charge in [-0.25, -0.2) is 8.42 Å². The number of benzene rings is 1. The minimum Gasteiger partial charge on any atom is -0.406 e. The number of halogens is 3. The van der Waals surface area contributed by atoms with Gasteiger partial charge in [0, 0.05) is 5.69 Å². The fraction of sp³-hybridized carbons (Fsp3) is 0.417. The summed E-state index contributed by atoms with van der Waals surface area (Å²) >= 11 is 0. The van der Waals surface area contributed by atoms with Crippen molar-refractivity contribution in [3.8, 4) is 5.75 Å². The molecule has 2 rings (SSSR count). The second-order valence-electron chi connectivity index (χ2n) is 4.66. The van der Waals surface area contributed by atoms with Crippen LogP contribution in [0, 0.1) is 5.92 Å². The molecule has 1 heterocycles. The summed E-state index contributed by atoms with van der Waals surface area (Å²) in [7, 11) is -3.17. The van der Waals surface area contributed by atoms with E-state index < -0.39 is 33.8 Å². The quantitative estimate of drug-likeness (QED) is 0.923. The average Bonchev–Trinajstić information content (AvgIpc) is 2.70. The number of rotatable bonds is 3. The first-order chi connectivity index (χ1) is 9.65. The molecule has 0 bridgehead atoms. The summed E-state index contributed by atoms with van der Waals surface area (Å²) in [4.78, 5) is 11.8. The number of carbonyl (C=O) groups is 1. The average molecular weight is 323 g/mol. The molecular formula is C12H12F3NO4S. The number of anilines is 1. The van der Waals surface area contributed by atoms with Gasteiger partial charge in [0.15, 0.2) is 9.84 Å². The molecule has 0 aliphatic carbocycles. The standard InChI is InChI=1S/C12H12F3NO4S/c13-12(14,15)20-10-3-1-9(2-4-10)16-11(17)8-5-6-21(18,19)7-8/h1-4,8H,5-7H2,(H,16,17). The zero-order valence-electron chi connectivity index (χ0n) is 10.7. The van der Waals surface area contributed by atoms with Crippen LogP contribution in [0.25, 0.3) is 0 Å². The number of nitrogens with one attached hydrogen (secondary N) is 1. The third kappa shape index (κ3) is 4.62. The van der Waals surface area contributed by atoms with Crippen LogP contribution < -0.4 is 10.1 Å². The molecule has 1 N–H and O–H groups in total. The molecule has 1 aliphatic heterocycles. The largest absolute Gasteiger partial charge is 0.573 e. The van der Waals surface area contributed by atoms with Gasteiger partial charge in [-0.1, -0.05) is 0 Å². The lowest BCUT2D eigenvalue weighted by atomic mass is 10.1. The van der Waals surface area contributed by atoms with Crippen LogP contribution in [0.4, 0.5) is 18.9 Å². The van der Waals surface area contributed by atoms with E-state index in [9.17, 15) is 26.4 Å². The molecule has 1 aromatic rings. The van der Waals surface area contributed by atoms with Crippen molar-refractivity contribution in [3.05, 3.63) is 24.3 Å². The molecule has 116 valence electrons. The van der Waals surface area contributed by atoms with Crippen LogP contribution >= 0.6 is 0 Å². The highest BCUT2D eigenvalue weighted by atomic mass is 32.2. The third-order valence-corrected chi connectivity index (χ3v) is 4.73. The van der Waals surface area contributed by atoms with E-state index in [1.807, 2.05) is 0 Å². The zero-order valence-corrected chi connectivity index (χ0v) is 11.5. The predicted octanol–water partition coefficient (Wildman–Crippen LogP) is 1.96. The summed E-state index contributed by atoms with van der Waals surface area (Å²) in [6.45, 7) is 0. The van der Waals surface area contributed by atoms with Crippen molar-refractivity contribution in [2.45, 2.75) is 12.8 Å². The summed E-state index contributed by atoms with van der Waals surface area (Å²) in [6, 6.07) is 4.63. The van der Waals surface area contributed by atoms with Crippen molar-refractivity contribution in [1.82, 2.24) is 0 Å². The summed E-state index contributed by atoms with van der Waals surface area (Å²) in [5, 5.41) is 2.47. The number of hydrogen-bond donors (Lipinski definition) is 1. The Kier molecular flexibility index (Phi) is 4.13. The summed E-state index contributed by atoms with van der Waals surface area (Å²) in [5.41, 5.74) is 0.277. The van der Waals surface area contributed by atoms with Crippen molar-refractivity contribution >= 4 is 21.4 Å². The van der Waals surface area contributed by atoms with E-state index in [2.05, 4.69) is 10.1 Å². The fourth-order valence-electron chi connectivity index (χ4n) is 1.99. The molecule has 21 heavy (non-hydrogen) atoms. The summed E-state index contributed by atoms with van der Waals surface area (Å²) in [6.07, 6.45) is -4.52. The van der Waals surface area contributed by atoms with Crippen LogP contribution in [-0.4, -0.2) is 32.2 Å². The molecule has 0 aromatic heterocycles. The number of sulfone groups is 1. The molecule has 1 unspecified atom stereocenters. The van der Waals surface area contributed by atoms with E-state index in [0.717, 1.165) is 12.1 Å². The fourth-order valence-corrected chi connectivity index (χ4v) is 3.73. The van der Waals surface area contributed by atoms with Gasteiger partial charge in [0.1, 0.15) is 5.75 Å². The number of ether oxygens (including phenoxy) is 1. The Bertz CT molecular complexity index is 625. The summed E-state index contributed by atoms with van der Waals surface area (Å²) in [5.74, 6) is -1.71. The Morgan fingerprint density at radius 2 is 1.86 bits per heavy atom. The van der Waals surface area contributed by atoms with E-state index in [-0.39, 0.29) is 23.6 Å². The first kappa shape index (κ1) is 15.6. The van der Waals surface area contributed by atoms with Gasteiger partial charge in [0.05, 0.1) is 17.4 Å². The minimum atomic E-state index is -4.77. The zero-order chi connectivity index (χ0) is 15.7. The third-order valence-electron chi connectivity index (χ3n) is 2.96. The first-order valence-corrected chi connectivity index (χ1v) is 7.84. The monoisotopic (exact) mass is 323 g/mol. The Labute approximate surface area is 119 Å². The Morgan fingerprint density at radius 3 is 2.33 bits per heavy atom. The van der Waals surface area contributed by atoms with Crippen molar-refractivity contribution < 1.29 is 31.1 Å². The SMILES string of the molecule is O=C(Nc1ccc(OC(F)(F)F)cc1)C1CCS(=O)(=O)C1. The van der Waals surface area contributed by atoms with Crippen molar-refractivity contribution in [2.75, 3.05) is 16.8 Å². The highest BCUT2D eigenvalue weighted by Gasteiger charge is 2.33. The lowest BCUT2D eigenvalue weighted by Gasteiger charge is -2.11. The smallest absolute Gasteiger partial charge is 0.406 e. The van der Waals surface area contributed by atoms with Gasteiger partial charge < -0.3 is 10.1 Å². The van der Waals surface area contributed by atoms with Crippen LogP contribution in [0.5, 0.6) is 5.75 Å². The maximum absolute atomic E-state index is 12.0. The van der Waals surface area contributed by atoms with E-state index in [1.165, 1.54) is 12.1 Å². The number of alkyl halides is 3. The molecule has 9 heteroatoms. The Morgan fingerprint density at radius 1 is 1.24 bits per heavy atom. The second-order valence-corrected chi connectivity index (χ2v) is 6.89. The van der Waals surface area contributed by atoms with E-state index in [4.69, 9.17) is 0 Å². The van der Waals surface area contributed by atoms with Crippen molar-refractivity contribution in [2.24, 2.45) is 5.92 Å². The molecule has 0 saturated carbocycles. The molecular weight excluding hydrogens is 311 g/mol. The number of amides is 1. The topological polar surface area (TPSA) is 72.5 Å². The molecule has 1 amide bonds. The van der Waals surface area contributed by atoms with Crippen LogP contribution in [-0.2, 0) is 14.6 Å². The highest BCUT2D eigenvalue weighted by Crippen LogP contribution is 2.25. The Hall–Kier alpha value is -1.77. The predicted molar refractivity (Wildman–Crippen MR) is 68.5 cm³/mol. The molecule has 0 spiro atoms. The molecule has 1 atom stereocenters.